The highest BCUT2D eigenvalue weighted by Crippen LogP contribution is 2.19. The van der Waals surface area contributed by atoms with Crippen LogP contribution in [0.2, 0.25) is 0 Å². The second-order valence-corrected chi connectivity index (χ2v) is 5.57. The number of methoxy groups -OCH3 is 1. The van der Waals surface area contributed by atoms with E-state index in [0.717, 1.165) is 5.56 Å². The summed E-state index contributed by atoms with van der Waals surface area (Å²) in [6.07, 6.45) is 4.08. The van der Waals surface area contributed by atoms with E-state index in [9.17, 15) is 9.59 Å². The molecule has 0 aliphatic carbocycles. The van der Waals surface area contributed by atoms with Crippen molar-refractivity contribution in [3.8, 4) is 5.75 Å². The van der Waals surface area contributed by atoms with Crippen molar-refractivity contribution in [2.45, 2.75) is 6.92 Å². The van der Waals surface area contributed by atoms with Gasteiger partial charge >= 0.3 is 0 Å². The monoisotopic (exact) mass is 335 g/mol. The van der Waals surface area contributed by atoms with Gasteiger partial charge in [-0.1, -0.05) is 17.7 Å². The highest BCUT2D eigenvalue weighted by molar-refractivity contribution is 6.02. The summed E-state index contributed by atoms with van der Waals surface area (Å²) in [5.41, 5.74) is 2.34. The summed E-state index contributed by atoms with van der Waals surface area (Å²) >= 11 is 0. The standard InChI is InChI=1S/C20H17NO4/c1-13-3-6-15(7-4-13)21-19(22)10-5-14-12-25-18-11-16(24-2)8-9-17(18)20(14)23/h3-12H,1-2H3,(H,21,22)/b10-5+. The highest BCUT2D eigenvalue weighted by atomic mass is 16.5. The summed E-state index contributed by atoms with van der Waals surface area (Å²) in [7, 11) is 1.54. The third-order valence-electron chi connectivity index (χ3n) is 3.74. The summed E-state index contributed by atoms with van der Waals surface area (Å²) < 4.78 is 10.6. The lowest BCUT2D eigenvalue weighted by Gasteiger charge is -2.03. The predicted octanol–water partition coefficient (Wildman–Crippen LogP) is 3.76. The number of hydrogen-bond acceptors (Lipinski definition) is 4. The zero-order valence-electron chi connectivity index (χ0n) is 13.9. The summed E-state index contributed by atoms with van der Waals surface area (Å²) in [4.78, 5) is 24.4. The Morgan fingerprint density at radius 2 is 1.92 bits per heavy atom. The molecule has 1 amide bonds. The molecule has 0 spiro atoms. The van der Waals surface area contributed by atoms with Gasteiger partial charge in [-0.25, -0.2) is 0 Å². The molecule has 0 radical (unpaired) electrons. The Morgan fingerprint density at radius 3 is 2.64 bits per heavy atom. The van der Waals surface area contributed by atoms with E-state index in [1.165, 1.54) is 18.4 Å². The summed E-state index contributed by atoms with van der Waals surface area (Å²) in [6.45, 7) is 1.97. The molecule has 1 heterocycles. The van der Waals surface area contributed by atoms with Crippen molar-refractivity contribution in [1.82, 2.24) is 0 Å². The minimum absolute atomic E-state index is 0.205. The van der Waals surface area contributed by atoms with Crippen molar-refractivity contribution in [1.29, 1.82) is 0 Å². The number of carbonyl (C=O) groups excluding carboxylic acids is 1. The molecule has 3 aromatic rings. The Balaban J connectivity index is 1.81. The molecule has 25 heavy (non-hydrogen) atoms. The molecule has 5 nitrogen and oxygen atoms in total. The second kappa shape index (κ2) is 7.05. The van der Waals surface area contributed by atoms with Crippen LogP contribution in [0.25, 0.3) is 17.0 Å². The quantitative estimate of drug-likeness (QED) is 0.737. The van der Waals surface area contributed by atoms with Crippen LogP contribution >= 0.6 is 0 Å². The van der Waals surface area contributed by atoms with Gasteiger partial charge in [-0.05, 0) is 37.3 Å². The molecule has 1 N–H and O–H groups in total. The SMILES string of the molecule is COc1ccc2c(=O)c(/C=C/C(=O)Nc3ccc(C)cc3)coc2c1. The number of ether oxygens (including phenoxy) is 1. The fourth-order valence-electron chi connectivity index (χ4n) is 2.35. The molecule has 0 aliphatic heterocycles. The first-order valence-corrected chi connectivity index (χ1v) is 7.72. The number of benzene rings is 2. The van der Waals surface area contributed by atoms with Crippen LogP contribution in [0.15, 0.2) is 64.0 Å². The first-order chi connectivity index (χ1) is 12.1. The number of anilines is 1. The number of amides is 1. The molecule has 3 rings (SSSR count). The van der Waals surface area contributed by atoms with Crippen molar-refractivity contribution in [3.05, 3.63) is 76.2 Å². The van der Waals surface area contributed by atoms with Gasteiger partial charge in [0.1, 0.15) is 17.6 Å². The Morgan fingerprint density at radius 1 is 1.16 bits per heavy atom. The maximum atomic E-state index is 12.5. The maximum Gasteiger partial charge on any atom is 0.248 e. The molecule has 0 saturated heterocycles. The molecule has 2 aromatic carbocycles. The minimum atomic E-state index is -0.321. The molecule has 0 bridgehead atoms. The van der Waals surface area contributed by atoms with Crippen LogP contribution in [-0.4, -0.2) is 13.0 Å². The molecule has 5 heteroatoms. The summed E-state index contributed by atoms with van der Waals surface area (Å²) in [6, 6.07) is 12.4. The smallest absolute Gasteiger partial charge is 0.248 e. The van der Waals surface area contributed by atoms with Gasteiger partial charge in [0.2, 0.25) is 5.91 Å². The Bertz CT molecular complexity index is 1000. The number of rotatable bonds is 4. The average molecular weight is 335 g/mol. The lowest BCUT2D eigenvalue weighted by molar-refractivity contribution is -0.111. The number of fused-ring (bicyclic) bond motifs is 1. The molecule has 0 atom stereocenters. The number of nitrogens with one attached hydrogen (secondary N) is 1. The largest absolute Gasteiger partial charge is 0.497 e. The summed E-state index contributed by atoms with van der Waals surface area (Å²) in [5, 5.41) is 3.17. The van der Waals surface area contributed by atoms with Gasteiger partial charge in [0, 0.05) is 17.8 Å². The molecular formula is C20H17NO4. The molecular weight excluding hydrogens is 318 g/mol. The van der Waals surface area contributed by atoms with Gasteiger partial charge in [0.05, 0.1) is 18.1 Å². The predicted molar refractivity (Wildman–Crippen MR) is 97.9 cm³/mol. The van der Waals surface area contributed by atoms with Gasteiger partial charge in [-0.15, -0.1) is 0 Å². The first-order valence-electron chi connectivity index (χ1n) is 7.72. The van der Waals surface area contributed by atoms with Gasteiger partial charge in [0.15, 0.2) is 5.43 Å². The molecule has 0 aliphatic rings. The van der Waals surface area contributed by atoms with Gasteiger partial charge in [0.25, 0.3) is 0 Å². The van der Waals surface area contributed by atoms with E-state index in [1.807, 2.05) is 31.2 Å². The topological polar surface area (TPSA) is 68.5 Å². The van der Waals surface area contributed by atoms with E-state index in [1.54, 1.807) is 25.3 Å². The van der Waals surface area contributed by atoms with Crippen LogP contribution in [0, 0.1) is 6.92 Å². The first kappa shape index (κ1) is 16.5. The van der Waals surface area contributed by atoms with Crippen LogP contribution in [0.3, 0.4) is 0 Å². The van der Waals surface area contributed by atoms with E-state index in [4.69, 9.17) is 9.15 Å². The van der Waals surface area contributed by atoms with Crippen LogP contribution in [-0.2, 0) is 4.79 Å². The van der Waals surface area contributed by atoms with Crippen molar-refractivity contribution >= 4 is 28.6 Å². The number of aryl methyl sites for hydroxylation is 1. The summed E-state index contributed by atoms with van der Waals surface area (Å²) in [5.74, 6) is 0.287. The second-order valence-electron chi connectivity index (χ2n) is 5.57. The van der Waals surface area contributed by atoms with E-state index >= 15 is 0 Å². The van der Waals surface area contributed by atoms with Crippen molar-refractivity contribution < 1.29 is 13.9 Å². The Kier molecular flexibility index (Phi) is 4.66. The number of hydrogen-bond donors (Lipinski definition) is 1. The van der Waals surface area contributed by atoms with E-state index < -0.39 is 0 Å². The third-order valence-corrected chi connectivity index (χ3v) is 3.74. The fraction of sp³-hybridized carbons (Fsp3) is 0.100. The van der Waals surface area contributed by atoms with Gasteiger partial charge in [-0.2, -0.15) is 0 Å². The zero-order valence-corrected chi connectivity index (χ0v) is 13.9. The lowest BCUT2D eigenvalue weighted by Crippen LogP contribution is -2.09. The molecule has 0 saturated carbocycles. The Hall–Kier alpha value is -3.34. The van der Waals surface area contributed by atoms with Crippen LogP contribution in [0.1, 0.15) is 11.1 Å². The molecule has 126 valence electrons. The van der Waals surface area contributed by atoms with Crippen LogP contribution in [0.5, 0.6) is 5.75 Å². The average Bonchev–Trinajstić information content (AvgIpc) is 2.63. The minimum Gasteiger partial charge on any atom is -0.497 e. The van der Waals surface area contributed by atoms with Crippen molar-refractivity contribution in [2.75, 3.05) is 12.4 Å². The van der Waals surface area contributed by atoms with Crippen LogP contribution < -0.4 is 15.5 Å². The van der Waals surface area contributed by atoms with Gasteiger partial charge in [-0.3, -0.25) is 9.59 Å². The molecule has 1 aromatic heterocycles. The molecule has 0 fully saturated rings. The lowest BCUT2D eigenvalue weighted by atomic mass is 10.1. The normalized spacial score (nSPS) is 11.0. The van der Waals surface area contributed by atoms with E-state index in [0.29, 0.717) is 28.0 Å². The van der Waals surface area contributed by atoms with E-state index in [2.05, 4.69) is 5.32 Å². The van der Waals surface area contributed by atoms with E-state index in [-0.39, 0.29) is 11.3 Å². The van der Waals surface area contributed by atoms with Crippen molar-refractivity contribution in [2.24, 2.45) is 0 Å². The zero-order chi connectivity index (χ0) is 17.8. The fourth-order valence-corrected chi connectivity index (χ4v) is 2.35. The number of carbonyl (C=O) groups is 1. The Labute approximate surface area is 144 Å². The maximum absolute atomic E-state index is 12.5. The van der Waals surface area contributed by atoms with Gasteiger partial charge < -0.3 is 14.5 Å². The highest BCUT2D eigenvalue weighted by Gasteiger charge is 2.06. The van der Waals surface area contributed by atoms with Crippen molar-refractivity contribution in [3.63, 3.8) is 0 Å². The molecule has 0 unspecified atom stereocenters. The third kappa shape index (κ3) is 3.77. The van der Waals surface area contributed by atoms with Crippen LogP contribution in [0.4, 0.5) is 5.69 Å².